The predicted octanol–water partition coefficient (Wildman–Crippen LogP) is 1.35. The van der Waals surface area contributed by atoms with Crippen LogP contribution < -0.4 is 5.48 Å². The highest BCUT2D eigenvalue weighted by molar-refractivity contribution is 6.06. The van der Waals surface area contributed by atoms with Crippen LogP contribution in [0.25, 0.3) is 10.8 Å². The lowest BCUT2D eigenvalue weighted by atomic mass is 10.1. The standard InChI is InChI=1S/C10H8N2O2/c13-10(12-14)9-3-1-2-7-6-11-5-4-8(7)9/h1-6,14H,(H,12,13). The number of hydroxylamine groups is 1. The fourth-order valence-corrected chi connectivity index (χ4v) is 1.38. The molecule has 0 spiro atoms. The third-order valence-electron chi connectivity index (χ3n) is 2.03. The van der Waals surface area contributed by atoms with Gasteiger partial charge in [-0.1, -0.05) is 12.1 Å². The SMILES string of the molecule is O=C(NO)c1cccc2cnccc12. The van der Waals surface area contributed by atoms with Crippen molar-refractivity contribution in [2.75, 3.05) is 0 Å². The molecule has 1 amide bonds. The Kier molecular flexibility index (Phi) is 2.12. The lowest BCUT2D eigenvalue weighted by Crippen LogP contribution is -2.18. The molecule has 0 bridgehead atoms. The number of carbonyl (C=O) groups excluding carboxylic acids is 1. The van der Waals surface area contributed by atoms with Crippen molar-refractivity contribution in [2.45, 2.75) is 0 Å². The van der Waals surface area contributed by atoms with E-state index in [9.17, 15) is 4.79 Å². The molecule has 0 radical (unpaired) electrons. The maximum Gasteiger partial charge on any atom is 0.275 e. The van der Waals surface area contributed by atoms with Crippen LogP contribution >= 0.6 is 0 Å². The van der Waals surface area contributed by atoms with Crippen LogP contribution in [0.5, 0.6) is 0 Å². The molecule has 4 nitrogen and oxygen atoms in total. The first kappa shape index (κ1) is 8.65. The van der Waals surface area contributed by atoms with E-state index < -0.39 is 5.91 Å². The average molecular weight is 188 g/mol. The summed E-state index contributed by atoms with van der Waals surface area (Å²) in [6.45, 7) is 0. The molecule has 0 aliphatic heterocycles. The molecule has 4 heteroatoms. The zero-order valence-corrected chi connectivity index (χ0v) is 7.27. The number of hydrogen-bond acceptors (Lipinski definition) is 3. The van der Waals surface area contributed by atoms with E-state index in [4.69, 9.17) is 5.21 Å². The zero-order valence-electron chi connectivity index (χ0n) is 7.27. The number of amides is 1. The first-order valence-electron chi connectivity index (χ1n) is 4.10. The van der Waals surface area contributed by atoms with Crippen LogP contribution in [-0.4, -0.2) is 16.1 Å². The monoisotopic (exact) mass is 188 g/mol. The van der Waals surface area contributed by atoms with E-state index in [2.05, 4.69) is 4.98 Å². The fraction of sp³-hybridized carbons (Fsp3) is 0. The van der Waals surface area contributed by atoms with Gasteiger partial charge < -0.3 is 0 Å². The number of pyridine rings is 1. The molecule has 0 unspecified atom stereocenters. The fourth-order valence-electron chi connectivity index (χ4n) is 1.38. The Hall–Kier alpha value is -1.94. The third-order valence-corrected chi connectivity index (χ3v) is 2.03. The summed E-state index contributed by atoms with van der Waals surface area (Å²) in [4.78, 5) is 15.2. The van der Waals surface area contributed by atoms with Gasteiger partial charge >= 0.3 is 0 Å². The van der Waals surface area contributed by atoms with Gasteiger partial charge in [0.15, 0.2) is 0 Å². The molecule has 14 heavy (non-hydrogen) atoms. The van der Waals surface area contributed by atoms with Gasteiger partial charge in [-0.15, -0.1) is 0 Å². The number of fused-ring (bicyclic) bond motifs is 1. The Morgan fingerprint density at radius 1 is 1.36 bits per heavy atom. The van der Waals surface area contributed by atoms with Crippen LogP contribution in [0.15, 0.2) is 36.7 Å². The zero-order chi connectivity index (χ0) is 9.97. The molecule has 1 aromatic heterocycles. The first-order chi connectivity index (χ1) is 6.83. The van der Waals surface area contributed by atoms with Crippen LogP contribution in [0.1, 0.15) is 10.4 Å². The lowest BCUT2D eigenvalue weighted by molar-refractivity contribution is 0.0708. The Labute approximate surface area is 80.2 Å². The van der Waals surface area contributed by atoms with Gasteiger partial charge in [-0.25, -0.2) is 5.48 Å². The van der Waals surface area contributed by atoms with Gasteiger partial charge in [0.05, 0.1) is 0 Å². The van der Waals surface area contributed by atoms with Gasteiger partial charge in [0.1, 0.15) is 0 Å². The molecular formula is C10H8N2O2. The normalized spacial score (nSPS) is 10.1. The molecule has 2 rings (SSSR count). The smallest absolute Gasteiger partial charge is 0.275 e. The Bertz CT molecular complexity index is 477. The van der Waals surface area contributed by atoms with Gasteiger partial charge in [-0.2, -0.15) is 0 Å². The summed E-state index contributed by atoms with van der Waals surface area (Å²) in [7, 11) is 0. The van der Waals surface area contributed by atoms with Crippen LogP contribution in [0, 0.1) is 0 Å². The van der Waals surface area contributed by atoms with Crippen molar-refractivity contribution in [1.29, 1.82) is 0 Å². The number of hydrogen-bond donors (Lipinski definition) is 2. The quantitative estimate of drug-likeness (QED) is 0.524. The lowest BCUT2D eigenvalue weighted by Gasteiger charge is -2.02. The van der Waals surface area contributed by atoms with Crippen molar-refractivity contribution in [3.8, 4) is 0 Å². The summed E-state index contributed by atoms with van der Waals surface area (Å²) in [5, 5.41) is 10.2. The number of rotatable bonds is 1. The van der Waals surface area contributed by atoms with E-state index in [1.807, 2.05) is 6.07 Å². The van der Waals surface area contributed by atoms with Crippen molar-refractivity contribution in [3.63, 3.8) is 0 Å². The molecule has 0 aliphatic carbocycles. The highest BCUT2D eigenvalue weighted by Crippen LogP contribution is 2.16. The summed E-state index contributed by atoms with van der Waals surface area (Å²) in [6, 6.07) is 6.98. The number of nitrogens with one attached hydrogen (secondary N) is 1. The van der Waals surface area contributed by atoms with Gasteiger partial charge in [-0.3, -0.25) is 15.0 Å². The molecule has 2 N–H and O–H groups in total. The molecule has 0 fully saturated rings. The van der Waals surface area contributed by atoms with Crippen LogP contribution in [0.2, 0.25) is 0 Å². The summed E-state index contributed by atoms with van der Waals surface area (Å²) < 4.78 is 0. The molecule has 1 heterocycles. The van der Waals surface area contributed by atoms with Gasteiger partial charge in [-0.05, 0) is 17.5 Å². The minimum atomic E-state index is -0.512. The third kappa shape index (κ3) is 1.31. The Morgan fingerprint density at radius 3 is 3.00 bits per heavy atom. The van der Waals surface area contributed by atoms with E-state index in [0.29, 0.717) is 5.56 Å². The van der Waals surface area contributed by atoms with E-state index >= 15 is 0 Å². The van der Waals surface area contributed by atoms with Crippen molar-refractivity contribution >= 4 is 16.7 Å². The summed E-state index contributed by atoms with van der Waals surface area (Å²) in [5.74, 6) is -0.512. The molecule has 70 valence electrons. The number of carbonyl (C=O) groups is 1. The molecule has 0 saturated carbocycles. The highest BCUT2D eigenvalue weighted by atomic mass is 16.5. The number of aromatic nitrogens is 1. The largest absolute Gasteiger partial charge is 0.288 e. The Morgan fingerprint density at radius 2 is 2.21 bits per heavy atom. The number of benzene rings is 1. The number of nitrogens with zero attached hydrogens (tertiary/aromatic N) is 1. The van der Waals surface area contributed by atoms with Crippen molar-refractivity contribution in [2.24, 2.45) is 0 Å². The maximum atomic E-state index is 11.2. The molecule has 0 saturated heterocycles. The first-order valence-corrected chi connectivity index (χ1v) is 4.10. The second-order valence-electron chi connectivity index (χ2n) is 2.84. The summed E-state index contributed by atoms with van der Waals surface area (Å²) in [6.07, 6.45) is 3.28. The predicted molar refractivity (Wildman–Crippen MR) is 51.0 cm³/mol. The van der Waals surface area contributed by atoms with E-state index in [0.717, 1.165) is 10.8 Å². The van der Waals surface area contributed by atoms with Crippen molar-refractivity contribution < 1.29 is 10.0 Å². The molecule has 2 aromatic rings. The summed E-state index contributed by atoms with van der Waals surface area (Å²) >= 11 is 0. The second-order valence-corrected chi connectivity index (χ2v) is 2.84. The summed E-state index contributed by atoms with van der Waals surface area (Å²) in [5.41, 5.74) is 2.05. The minimum absolute atomic E-state index is 0.437. The molecule has 0 atom stereocenters. The van der Waals surface area contributed by atoms with Gasteiger partial charge in [0, 0.05) is 23.3 Å². The molecular weight excluding hydrogens is 180 g/mol. The molecule has 0 aliphatic rings. The second kappa shape index (κ2) is 3.43. The van der Waals surface area contributed by atoms with Crippen LogP contribution in [-0.2, 0) is 0 Å². The van der Waals surface area contributed by atoms with E-state index in [1.54, 1.807) is 36.1 Å². The van der Waals surface area contributed by atoms with Gasteiger partial charge in [0.25, 0.3) is 5.91 Å². The van der Waals surface area contributed by atoms with Gasteiger partial charge in [0.2, 0.25) is 0 Å². The van der Waals surface area contributed by atoms with E-state index in [1.165, 1.54) is 0 Å². The minimum Gasteiger partial charge on any atom is -0.288 e. The van der Waals surface area contributed by atoms with Crippen molar-refractivity contribution in [3.05, 3.63) is 42.2 Å². The average Bonchev–Trinajstić information content (AvgIpc) is 2.27. The van der Waals surface area contributed by atoms with Crippen molar-refractivity contribution in [1.82, 2.24) is 10.5 Å². The van der Waals surface area contributed by atoms with Crippen LogP contribution in [0.3, 0.4) is 0 Å². The Balaban J connectivity index is 2.71. The van der Waals surface area contributed by atoms with Crippen LogP contribution in [0.4, 0.5) is 0 Å². The van der Waals surface area contributed by atoms with E-state index in [-0.39, 0.29) is 0 Å². The maximum absolute atomic E-state index is 11.2. The molecule has 1 aromatic carbocycles. The highest BCUT2D eigenvalue weighted by Gasteiger charge is 2.07. The topological polar surface area (TPSA) is 62.2 Å².